The SMILES string of the molecule is Cc1ccc(F)cc1NC(=O)C(C(C)C)N1C(=O)c2ccccc2C1=O. The summed E-state index contributed by atoms with van der Waals surface area (Å²) in [7, 11) is 0. The van der Waals surface area contributed by atoms with Gasteiger partial charge in [-0.25, -0.2) is 4.39 Å². The van der Waals surface area contributed by atoms with Gasteiger partial charge in [-0.3, -0.25) is 19.3 Å². The van der Waals surface area contributed by atoms with Crippen molar-refractivity contribution in [3.63, 3.8) is 0 Å². The molecule has 0 saturated heterocycles. The summed E-state index contributed by atoms with van der Waals surface area (Å²) in [6, 6.07) is 9.56. The number of rotatable bonds is 4. The van der Waals surface area contributed by atoms with Crippen LogP contribution in [0.5, 0.6) is 0 Å². The number of amides is 3. The number of fused-ring (bicyclic) bond motifs is 1. The Kier molecular flexibility index (Phi) is 4.59. The molecule has 0 fully saturated rings. The number of anilines is 1. The molecule has 5 nitrogen and oxygen atoms in total. The number of carbonyl (C=O) groups excluding carboxylic acids is 3. The van der Waals surface area contributed by atoms with E-state index in [9.17, 15) is 18.8 Å². The van der Waals surface area contributed by atoms with Crippen molar-refractivity contribution < 1.29 is 18.8 Å². The molecule has 1 heterocycles. The van der Waals surface area contributed by atoms with Gasteiger partial charge in [-0.15, -0.1) is 0 Å². The molecule has 2 aromatic carbocycles. The first kappa shape index (κ1) is 17.8. The van der Waals surface area contributed by atoms with Gasteiger partial charge in [0.1, 0.15) is 11.9 Å². The molecule has 0 radical (unpaired) electrons. The second-order valence-corrected chi connectivity index (χ2v) is 6.66. The van der Waals surface area contributed by atoms with Gasteiger partial charge in [0.25, 0.3) is 11.8 Å². The van der Waals surface area contributed by atoms with Crippen LogP contribution >= 0.6 is 0 Å². The Morgan fingerprint density at radius 2 is 1.62 bits per heavy atom. The third-order valence-electron chi connectivity index (χ3n) is 4.46. The zero-order valence-corrected chi connectivity index (χ0v) is 14.7. The van der Waals surface area contributed by atoms with E-state index in [-0.39, 0.29) is 17.0 Å². The summed E-state index contributed by atoms with van der Waals surface area (Å²) in [6.45, 7) is 5.25. The Labute approximate surface area is 150 Å². The van der Waals surface area contributed by atoms with Crippen molar-refractivity contribution in [1.82, 2.24) is 4.90 Å². The number of hydrogen-bond donors (Lipinski definition) is 1. The van der Waals surface area contributed by atoms with Crippen molar-refractivity contribution >= 4 is 23.4 Å². The van der Waals surface area contributed by atoms with Crippen molar-refractivity contribution in [2.45, 2.75) is 26.8 Å². The highest BCUT2D eigenvalue weighted by Crippen LogP contribution is 2.28. The molecule has 0 spiro atoms. The summed E-state index contributed by atoms with van der Waals surface area (Å²) >= 11 is 0. The number of halogens is 1. The summed E-state index contributed by atoms with van der Waals surface area (Å²) in [5, 5.41) is 2.65. The van der Waals surface area contributed by atoms with Gasteiger partial charge in [-0.05, 0) is 42.7 Å². The second-order valence-electron chi connectivity index (χ2n) is 6.66. The lowest BCUT2D eigenvalue weighted by molar-refractivity contribution is -0.121. The van der Waals surface area contributed by atoms with Gasteiger partial charge in [0, 0.05) is 5.69 Å². The average Bonchev–Trinajstić information content (AvgIpc) is 2.84. The third kappa shape index (κ3) is 2.98. The normalized spacial score (nSPS) is 14.6. The van der Waals surface area contributed by atoms with Gasteiger partial charge >= 0.3 is 0 Å². The van der Waals surface area contributed by atoms with Crippen molar-refractivity contribution in [1.29, 1.82) is 0 Å². The molecule has 0 saturated carbocycles. The van der Waals surface area contributed by atoms with E-state index in [1.54, 1.807) is 51.1 Å². The molecule has 6 heteroatoms. The van der Waals surface area contributed by atoms with Crippen molar-refractivity contribution in [3.8, 4) is 0 Å². The van der Waals surface area contributed by atoms with Gasteiger partial charge in [0.05, 0.1) is 11.1 Å². The fourth-order valence-electron chi connectivity index (χ4n) is 3.11. The molecule has 1 aliphatic rings. The zero-order valence-electron chi connectivity index (χ0n) is 14.7. The van der Waals surface area contributed by atoms with E-state index >= 15 is 0 Å². The number of benzene rings is 2. The number of nitrogens with zero attached hydrogens (tertiary/aromatic N) is 1. The topological polar surface area (TPSA) is 66.5 Å². The fraction of sp³-hybridized carbons (Fsp3) is 0.250. The highest BCUT2D eigenvalue weighted by atomic mass is 19.1. The Hall–Kier alpha value is -3.02. The average molecular weight is 354 g/mol. The van der Waals surface area contributed by atoms with E-state index in [2.05, 4.69) is 5.32 Å². The predicted molar refractivity (Wildman–Crippen MR) is 95.3 cm³/mol. The van der Waals surface area contributed by atoms with E-state index in [4.69, 9.17) is 0 Å². The minimum Gasteiger partial charge on any atom is -0.324 e. The van der Waals surface area contributed by atoms with Gasteiger partial charge in [0.15, 0.2) is 0 Å². The summed E-state index contributed by atoms with van der Waals surface area (Å²) in [5.74, 6) is -2.30. The van der Waals surface area contributed by atoms with Gasteiger partial charge in [0.2, 0.25) is 5.91 Å². The van der Waals surface area contributed by atoms with Crippen LogP contribution in [0.2, 0.25) is 0 Å². The summed E-state index contributed by atoms with van der Waals surface area (Å²) in [6.07, 6.45) is 0. The van der Waals surface area contributed by atoms with Crippen LogP contribution in [-0.4, -0.2) is 28.7 Å². The van der Waals surface area contributed by atoms with E-state index in [0.717, 1.165) is 4.90 Å². The molecule has 1 atom stereocenters. The van der Waals surface area contributed by atoms with Crippen LogP contribution in [0.1, 0.15) is 40.1 Å². The fourth-order valence-corrected chi connectivity index (χ4v) is 3.11. The third-order valence-corrected chi connectivity index (χ3v) is 4.46. The minimum atomic E-state index is -0.995. The second kappa shape index (κ2) is 6.71. The van der Waals surface area contributed by atoms with E-state index in [1.807, 2.05) is 0 Å². The predicted octanol–water partition coefficient (Wildman–Crippen LogP) is 3.39. The molecule has 3 rings (SSSR count). The molecule has 0 aliphatic carbocycles. The molecule has 2 aromatic rings. The molecule has 134 valence electrons. The number of carbonyl (C=O) groups is 3. The van der Waals surface area contributed by atoms with Crippen LogP contribution in [0.3, 0.4) is 0 Å². The first-order valence-corrected chi connectivity index (χ1v) is 8.35. The molecule has 1 aliphatic heterocycles. The van der Waals surface area contributed by atoms with Crippen LogP contribution in [0.4, 0.5) is 10.1 Å². The molecular weight excluding hydrogens is 335 g/mol. The molecule has 1 N–H and O–H groups in total. The molecule has 0 aromatic heterocycles. The number of aryl methyl sites for hydroxylation is 1. The quantitative estimate of drug-likeness (QED) is 0.856. The van der Waals surface area contributed by atoms with Crippen LogP contribution in [0, 0.1) is 18.7 Å². The maximum absolute atomic E-state index is 13.5. The molecule has 26 heavy (non-hydrogen) atoms. The highest BCUT2D eigenvalue weighted by molar-refractivity contribution is 6.23. The van der Waals surface area contributed by atoms with E-state index < -0.39 is 29.6 Å². The number of imide groups is 1. The van der Waals surface area contributed by atoms with Gasteiger partial charge < -0.3 is 5.32 Å². The molecule has 3 amide bonds. The Bertz CT molecular complexity index is 873. The Morgan fingerprint density at radius 1 is 1.04 bits per heavy atom. The van der Waals surface area contributed by atoms with Crippen molar-refractivity contribution in [3.05, 3.63) is 65.0 Å². The Balaban J connectivity index is 1.93. The zero-order chi connectivity index (χ0) is 19.0. The summed E-state index contributed by atoms with van der Waals surface area (Å²) in [4.78, 5) is 39.3. The molecular formula is C20H19FN2O3. The van der Waals surface area contributed by atoms with Crippen LogP contribution in [-0.2, 0) is 4.79 Å². The number of hydrogen-bond acceptors (Lipinski definition) is 3. The van der Waals surface area contributed by atoms with Gasteiger partial charge in [-0.2, -0.15) is 0 Å². The lowest BCUT2D eigenvalue weighted by Crippen LogP contribution is -2.50. The first-order valence-electron chi connectivity index (χ1n) is 8.35. The lowest BCUT2D eigenvalue weighted by Gasteiger charge is -2.28. The smallest absolute Gasteiger partial charge is 0.262 e. The van der Waals surface area contributed by atoms with Crippen molar-refractivity contribution in [2.75, 3.05) is 5.32 Å². The summed E-state index contributed by atoms with van der Waals surface area (Å²) < 4.78 is 13.5. The molecule has 0 bridgehead atoms. The van der Waals surface area contributed by atoms with E-state index in [1.165, 1.54) is 12.1 Å². The maximum Gasteiger partial charge on any atom is 0.262 e. The monoisotopic (exact) mass is 354 g/mol. The standard InChI is InChI=1S/C20H19FN2O3/c1-11(2)17(18(24)22-16-10-13(21)9-8-12(16)3)23-19(25)14-6-4-5-7-15(14)20(23)26/h4-11,17H,1-3H3,(H,22,24). The van der Waals surface area contributed by atoms with Crippen LogP contribution in [0.25, 0.3) is 0 Å². The summed E-state index contributed by atoms with van der Waals surface area (Å²) in [5.41, 5.74) is 1.58. The molecule has 1 unspecified atom stereocenters. The largest absolute Gasteiger partial charge is 0.324 e. The van der Waals surface area contributed by atoms with Crippen LogP contribution < -0.4 is 5.32 Å². The number of nitrogens with one attached hydrogen (secondary N) is 1. The van der Waals surface area contributed by atoms with Crippen molar-refractivity contribution in [2.24, 2.45) is 5.92 Å². The van der Waals surface area contributed by atoms with Crippen LogP contribution in [0.15, 0.2) is 42.5 Å². The van der Waals surface area contributed by atoms with E-state index in [0.29, 0.717) is 11.3 Å². The Morgan fingerprint density at radius 3 is 2.15 bits per heavy atom. The highest BCUT2D eigenvalue weighted by Gasteiger charge is 2.43. The lowest BCUT2D eigenvalue weighted by atomic mass is 10.0. The maximum atomic E-state index is 13.5. The minimum absolute atomic E-state index is 0.290. The first-order chi connectivity index (χ1) is 12.3. The van der Waals surface area contributed by atoms with Gasteiger partial charge in [-0.1, -0.05) is 32.0 Å².